The van der Waals surface area contributed by atoms with Crippen LogP contribution in [0.25, 0.3) is 0 Å². The summed E-state index contributed by atoms with van der Waals surface area (Å²) in [6.07, 6.45) is 7.41. The molecule has 0 spiro atoms. The molecule has 0 fully saturated rings. The summed E-state index contributed by atoms with van der Waals surface area (Å²) >= 11 is 0. The Morgan fingerprint density at radius 3 is 2.25 bits per heavy atom. The average Bonchev–Trinajstić information content (AvgIpc) is 2.93. The number of nitrogens with one attached hydrogen (secondary N) is 1. The van der Waals surface area contributed by atoms with Gasteiger partial charge in [0.2, 0.25) is 0 Å². The average molecular weight is 626 g/mol. The first kappa shape index (κ1) is 35.1. The van der Waals surface area contributed by atoms with Crippen molar-refractivity contribution in [2.45, 2.75) is 93.6 Å². The summed E-state index contributed by atoms with van der Waals surface area (Å²) in [5.41, 5.74) is 4.70. The van der Waals surface area contributed by atoms with Crippen LogP contribution >= 0.6 is 7.52 Å². The van der Waals surface area contributed by atoms with Crippen molar-refractivity contribution in [1.82, 2.24) is 5.09 Å². The molecule has 1 aliphatic rings. The maximum atomic E-state index is 13.8. The lowest BCUT2D eigenvalue weighted by Crippen LogP contribution is -2.27. The predicted octanol–water partition coefficient (Wildman–Crippen LogP) is 8.29. The van der Waals surface area contributed by atoms with Gasteiger partial charge in [0, 0.05) is 0 Å². The first-order valence-corrected chi connectivity index (χ1v) is 17.1. The standard InChI is InChI=1S/C35H48NO7P/c1-23(2)30-19-27(15-16-32(30)42-34(38)35(7,8)9)20-31-25(5)17-29(18-26(31)6)40-22-44(39,36-21-33(37)41-24(3)4)43-28-13-11-10-12-14-28/h11,13-19,23-24H,10,12,20-22H2,1-9H3,(H,36,39). The lowest BCUT2D eigenvalue weighted by Gasteiger charge is -2.23. The molecule has 1 aliphatic carbocycles. The van der Waals surface area contributed by atoms with Gasteiger partial charge in [0.15, 0.2) is 6.35 Å². The minimum Gasteiger partial charge on any atom is -0.481 e. The second-order valence-corrected chi connectivity index (χ2v) is 15.0. The molecule has 0 saturated carbocycles. The Morgan fingerprint density at radius 1 is 1.00 bits per heavy atom. The van der Waals surface area contributed by atoms with Gasteiger partial charge >= 0.3 is 19.5 Å². The highest BCUT2D eigenvalue weighted by molar-refractivity contribution is 7.56. The molecule has 1 unspecified atom stereocenters. The number of esters is 2. The fraction of sp³-hybridized carbons (Fsp3) is 0.486. The van der Waals surface area contributed by atoms with Crippen molar-refractivity contribution in [2.24, 2.45) is 5.41 Å². The molecule has 2 aromatic rings. The summed E-state index contributed by atoms with van der Waals surface area (Å²) in [5.74, 6) is 1.03. The third kappa shape index (κ3) is 10.4. The SMILES string of the molecule is Cc1cc(OCP(=O)(NCC(=O)OC(C)C)OC2=CCCC=C2)cc(C)c1Cc1ccc(OC(=O)C(C)(C)C)c(C(C)C)c1. The normalized spacial score (nSPS) is 14.7. The monoisotopic (exact) mass is 625 g/mol. The van der Waals surface area contributed by atoms with E-state index in [1.807, 2.05) is 71.0 Å². The molecule has 3 rings (SSSR count). The molecule has 1 N–H and O–H groups in total. The smallest absolute Gasteiger partial charge is 0.354 e. The van der Waals surface area contributed by atoms with Crippen molar-refractivity contribution < 1.29 is 32.9 Å². The highest BCUT2D eigenvalue weighted by atomic mass is 31.2. The van der Waals surface area contributed by atoms with Gasteiger partial charge in [-0.05, 0) is 132 Å². The first-order chi connectivity index (χ1) is 20.6. The van der Waals surface area contributed by atoms with Gasteiger partial charge in [-0.25, -0.2) is 5.09 Å². The summed E-state index contributed by atoms with van der Waals surface area (Å²) in [4.78, 5) is 24.7. The number of aryl methyl sites for hydroxylation is 2. The zero-order valence-corrected chi connectivity index (χ0v) is 28.5. The quantitative estimate of drug-likeness (QED) is 0.135. The number of hydrogen-bond acceptors (Lipinski definition) is 7. The van der Waals surface area contributed by atoms with Crippen LogP contribution < -0.4 is 14.6 Å². The van der Waals surface area contributed by atoms with Crippen molar-refractivity contribution in [3.63, 3.8) is 0 Å². The Bertz CT molecular complexity index is 1430. The second kappa shape index (κ2) is 15.1. The molecule has 9 heteroatoms. The Hall–Kier alpha value is -3.35. The van der Waals surface area contributed by atoms with E-state index in [9.17, 15) is 14.2 Å². The van der Waals surface area contributed by atoms with Gasteiger partial charge in [0.05, 0.1) is 11.5 Å². The molecule has 0 amide bonds. The van der Waals surface area contributed by atoms with Gasteiger partial charge in [0.1, 0.15) is 23.8 Å². The molecule has 0 bridgehead atoms. The summed E-state index contributed by atoms with van der Waals surface area (Å²) in [7, 11) is -3.62. The number of benzene rings is 2. The third-order valence-corrected chi connectivity index (χ3v) is 8.62. The van der Waals surface area contributed by atoms with Crippen LogP contribution in [-0.2, 0) is 29.8 Å². The number of carbonyl (C=O) groups is 2. The number of ether oxygens (including phenoxy) is 3. The van der Waals surface area contributed by atoms with E-state index >= 15 is 0 Å². The van der Waals surface area contributed by atoms with Crippen molar-refractivity contribution in [2.75, 3.05) is 12.9 Å². The molecular formula is C35H48NO7P. The lowest BCUT2D eigenvalue weighted by molar-refractivity contribution is -0.146. The minimum absolute atomic E-state index is 0.175. The highest BCUT2D eigenvalue weighted by Crippen LogP contribution is 2.45. The van der Waals surface area contributed by atoms with Crippen LogP contribution in [0.2, 0.25) is 0 Å². The van der Waals surface area contributed by atoms with Crippen LogP contribution in [0, 0.1) is 19.3 Å². The van der Waals surface area contributed by atoms with Gasteiger partial charge in [-0.2, -0.15) is 0 Å². The Morgan fingerprint density at radius 2 is 1.68 bits per heavy atom. The van der Waals surface area contributed by atoms with E-state index in [2.05, 4.69) is 25.0 Å². The molecule has 0 heterocycles. The van der Waals surface area contributed by atoms with E-state index in [4.69, 9.17) is 18.7 Å². The van der Waals surface area contributed by atoms with Crippen LogP contribution in [0.3, 0.4) is 0 Å². The minimum atomic E-state index is -3.62. The van der Waals surface area contributed by atoms with Gasteiger partial charge < -0.3 is 18.7 Å². The first-order valence-electron chi connectivity index (χ1n) is 15.2. The summed E-state index contributed by atoms with van der Waals surface area (Å²) in [6, 6.07) is 9.83. The number of rotatable bonds is 13. The molecule has 8 nitrogen and oxygen atoms in total. The van der Waals surface area contributed by atoms with E-state index < -0.39 is 18.9 Å². The third-order valence-electron chi connectivity index (χ3n) is 7.01. The molecule has 0 saturated heterocycles. The summed E-state index contributed by atoms with van der Waals surface area (Å²) < 4.78 is 36.6. The van der Waals surface area contributed by atoms with Gasteiger partial charge in [0.25, 0.3) is 0 Å². The molecule has 0 aromatic heterocycles. The highest BCUT2D eigenvalue weighted by Gasteiger charge is 2.29. The van der Waals surface area contributed by atoms with Crippen LogP contribution in [0.5, 0.6) is 11.5 Å². The number of allylic oxidation sites excluding steroid dienone is 3. The Kier molecular flexibility index (Phi) is 12.0. The van der Waals surface area contributed by atoms with Gasteiger partial charge in [-0.15, -0.1) is 0 Å². The zero-order chi connectivity index (χ0) is 32.7. The summed E-state index contributed by atoms with van der Waals surface area (Å²) in [6.45, 7) is 17.0. The fourth-order valence-corrected chi connectivity index (χ4v) is 5.98. The van der Waals surface area contributed by atoms with E-state index in [1.54, 1.807) is 19.9 Å². The van der Waals surface area contributed by atoms with Crippen LogP contribution in [-0.4, -0.2) is 30.9 Å². The van der Waals surface area contributed by atoms with E-state index in [0.717, 1.165) is 40.7 Å². The van der Waals surface area contributed by atoms with Crippen LogP contribution in [0.15, 0.2) is 54.3 Å². The molecule has 0 aliphatic heterocycles. The maximum absolute atomic E-state index is 13.8. The lowest BCUT2D eigenvalue weighted by atomic mass is 9.92. The van der Waals surface area contributed by atoms with Gasteiger partial charge in [-0.3, -0.25) is 14.2 Å². The van der Waals surface area contributed by atoms with E-state index in [-0.39, 0.29) is 30.9 Å². The number of hydrogen-bond donors (Lipinski definition) is 1. The van der Waals surface area contributed by atoms with Crippen molar-refractivity contribution in [3.05, 3.63) is 82.1 Å². The zero-order valence-electron chi connectivity index (χ0n) is 27.6. The topological polar surface area (TPSA) is 100 Å². The Labute approximate surface area is 262 Å². The van der Waals surface area contributed by atoms with Gasteiger partial charge in [-0.1, -0.05) is 32.1 Å². The van der Waals surface area contributed by atoms with E-state index in [0.29, 0.717) is 23.7 Å². The molecule has 1 atom stereocenters. The summed E-state index contributed by atoms with van der Waals surface area (Å²) in [5, 5.41) is 2.76. The predicted molar refractivity (Wildman–Crippen MR) is 174 cm³/mol. The molecule has 0 radical (unpaired) electrons. The second-order valence-electron chi connectivity index (χ2n) is 12.9. The van der Waals surface area contributed by atoms with Crippen LogP contribution in [0.1, 0.15) is 95.0 Å². The molecule has 44 heavy (non-hydrogen) atoms. The Balaban J connectivity index is 1.77. The molecular weight excluding hydrogens is 577 g/mol. The van der Waals surface area contributed by atoms with Crippen molar-refractivity contribution in [3.8, 4) is 11.5 Å². The number of carbonyl (C=O) groups excluding carboxylic acids is 2. The largest absolute Gasteiger partial charge is 0.481 e. The van der Waals surface area contributed by atoms with Crippen molar-refractivity contribution in [1.29, 1.82) is 0 Å². The molecule has 240 valence electrons. The van der Waals surface area contributed by atoms with Crippen molar-refractivity contribution >= 4 is 19.5 Å². The van der Waals surface area contributed by atoms with E-state index in [1.165, 1.54) is 0 Å². The maximum Gasteiger partial charge on any atom is 0.354 e. The molecule has 2 aromatic carbocycles. The fourth-order valence-electron chi connectivity index (χ4n) is 4.61. The van der Waals surface area contributed by atoms with Crippen LogP contribution in [0.4, 0.5) is 0 Å².